The fraction of sp³-hybridized carbons (Fsp3) is 0.500. The molecule has 5 atom stereocenters. The number of nitrogens with zero attached hydrogens (tertiary/aromatic N) is 1. The number of hydrogen-bond acceptors (Lipinski definition) is 7. The van der Waals surface area contributed by atoms with Crippen LogP contribution >= 0.6 is 11.3 Å². The summed E-state index contributed by atoms with van der Waals surface area (Å²) in [6.45, 7) is 9.35. The van der Waals surface area contributed by atoms with Crippen molar-refractivity contribution in [1.82, 2.24) is 4.98 Å². The lowest BCUT2D eigenvalue weighted by Crippen LogP contribution is -2.40. The maximum absolute atomic E-state index is 12.7. The van der Waals surface area contributed by atoms with Crippen LogP contribution in [0.3, 0.4) is 0 Å². The summed E-state index contributed by atoms with van der Waals surface area (Å²) in [6.07, 6.45) is 7.42. The fourth-order valence-electron chi connectivity index (χ4n) is 4.34. The van der Waals surface area contributed by atoms with E-state index in [-0.39, 0.29) is 23.7 Å². The topological polar surface area (TPSA) is 96.7 Å². The van der Waals surface area contributed by atoms with Gasteiger partial charge in [-0.05, 0) is 50.8 Å². The summed E-state index contributed by atoms with van der Waals surface area (Å²) >= 11 is 1.49. The molecule has 2 aliphatic rings. The van der Waals surface area contributed by atoms with Gasteiger partial charge in [-0.3, -0.25) is 9.59 Å². The molecule has 0 saturated carbocycles. The Balaban J connectivity index is 1.85. The number of fused-ring (bicyclic) bond motifs is 1. The molecule has 1 aliphatic heterocycles. The van der Waals surface area contributed by atoms with Crippen LogP contribution in [0, 0.1) is 11.8 Å². The molecule has 33 heavy (non-hydrogen) atoms. The van der Waals surface area contributed by atoms with Gasteiger partial charge in [-0.2, -0.15) is 0 Å². The van der Waals surface area contributed by atoms with Crippen molar-refractivity contribution in [3.05, 3.63) is 51.5 Å². The number of esters is 1. The van der Waals surface area contributed by atoms with E-state index in [2.05, 4.69) is 24.6 Å². The van der Waals surface area contributed by atoms with Gasteiger partial charge in [0.1, 0.15) is 11.1 Å². The number of carbonyl (C=O) groups is 2. The van der Waals surface area contributed by atoms with E-state index in [9.17, 15) is 19.8 Å². The van der Waals surface area contributed by atoms with Crippen LogP contribution in [0.25, 0.3) is 12.2 Å². The normalized spacial score (nSPS) is 31.7. The summed E-state index contributed by atoms with van der Waals surface area (Å²) in [5, 5.41) is 24.0. The average molecular weight is 472 g/mol. The number of Topliss-reactive ketones (excluding diaryl/α,β-unsaturated/α-hetero) is 1. The maximum Gasteiger partial charge on any atom is 0.309 e. The molecule has 0 spiro atoms. The minimum atomic E-state index is -1.25. The zero-order valence-corrected chi connectivity index (χ0v) is 20.3. The van der Waals surface area contributed by atoms with Gasteiger partial charge < -0.3 is 14.9 Å². The minimum Gasteiger partial charge on any atom is -0.457 e. The van der Waals surface area contributed by atoms with E-state index in [4.69, 9.17) is 4.74 Å². The van der Waals surface area contributed by atoms with Crippen molar-refractivity contribution < 1.29 is 24.5 Å². The molecule has 178 valence electrons. The molecule has 0 fully saturated rings. The molecule has 0 saturated heterocycles. The lowest BCUT2D eigenvalue weighted by molar-refractivity contribution is -0.149. The van der Waals surface area contributed by atoms with E-state index in [0.29, 0.717) is 12.8 Å². The Morgan fingerprint density at radius 3 is 2.79 bits per heavy atom. The molecule has 0 amide bonds. The lowest BCUT2D eigenvalue weighted by atomic mass is 9.76. The summed E-state index contributed by atoms with van der Waals surface area (Å²) in [5.74, 6) is -1.71. The zero-order valence-electron chi connectivity index (χ0n) is 19.5. The largest absolute Gasteiger partial charge is 0.457 e. The first kappa shape index (κ1) is 25.3. The molecule has 3 rings (SSSR count). The average Bonchev–Trinajstić information content (AvgIpc) is 3.23. The van der Waals surface area contributed by atoms with Crippen molar-refractivity contribution in [2.24, 2.45) is 11.8 Å². The number of aliphatic hydroxyl groups excluding tert-OH is 2. The van der Waals surface area contributed by atoms with Gasteiger partial charge in [-0.1, -0.05) is 31.2 Å². The van der Waals surface area contributed by atoms with Gasteiger partial charge in [0.05, 0.1) is 24.3 Å². The Hall–Kier alpha value is -2.35. The summed E-state index contributed by atoms with van der Waals surface area (Å²) in [7, 11) is 0. The number of hydrogen-bond donors (Lipinski definition) is 2. The van der Waals surface area contributed by atoms with E-state index in [1.54, 1.807) is 19.1 Å². The number of rotatable bonds is 3. The third-order valence-electron chi connectivity index (χ3n) is 6.42. The molecule has 1 aromatic heterocycles. The Morgan fingerprint density at radius 2 is 2.09 bits per heavy atom. The van der Waals surface area contributed by atoms with Crippen LogP contribution in [0.15, 0.2) is 40.8 Å². The molecular formula is C26H33NO5S. The van der Waals surface area contributed by atoms with E-state index in [1.165, 1.54) is 16.9 Å². The second-order valence-corrected chi connectivity index (χ2v) is 9.90. The van der Waals surface area contributed by atoms with Gasteiger partial charge in [-0.25, -0.2) is 4.98 Å². The number of aromatic nitrogens is 1. The zero-order chi connectivity index (χ0) is 24.1. The quantitative estimate of drug-likeness (QED) is 0.498. The summed E-state index contributed by atoms with van der Waals surface area (Å²) in [5.41, 5.74) is 3.02. The first-order valence-corrected chi connectivity index (χ1v) is 12.3. The summed E-state index contributed by atoms with van der Waals surface area (Å²) in [4.78, 5) is 29.9. The van der Waals surface area contributed by atoms with Crippen molar-refractivity contribution in [3.63, 3.8) is 0 Å². The molecule has 2 heterocycles. The molecule has 0 radical (unpaired) electrons. The van der Waals surface area contributed by atoms with Gasteiger partial charge >= 0.3 is 5.97 Å². The maximum atomic E-state index is 12.7. The predicted octanol–water partition coefficient (Wildman–Crippen LogP) is 4.49. The molecule has 6 nitrogen and oxygen atoms in total. The van der Waals surface area contributed by atoms with E-state index < -0.39 is 30.2 Å². The van der Waals surface area contributed by atoms with E-state index in [0.717, 1.165) is 29.1 Å². The van der Waals surface area contributed by atoms with Crippen molar-refractivity contribution in [2.45, 2.75) is 71.2 Å². The molecule has 1 aromatic rings. The first-order valence-electron chi connectivity index (χ1n) is 11.4. The molecule has 7 heteroatoms. The van der Waals surface area contributed by atoms with Crippen molar-refractivity contribution in [2.75, 3.05) is 0 Å². The van der Waals surface area contributed by atoms with Crippen molar-refractivity contribution in [3.8, 4) is 0 Å². The van der Waals surface area contributed by atoms with Crippen LogP contribution in [0.1, 0.15) is 63.6 Å². The molecule has 1 aliphatic carbocycles. The van der Waals surface area contributed by atoms with Crippen molar-refractivity contribution in [1.29, 1.82) is 0 Å². The van der Waals surface area contributed by atoms with Gasteiger partial charge in [0.25, 0.3) is 0 Å². The molecule has 2 N–H and O–H groups in total. The number of carbonyl (C=O) groups excluding carboxylic acids is 2. The highest BCUT2D eigenvalue weighted by Crippen LogP contribution is 2.32. The Kier molecular flexibility index (Phi) is 8.57. The molecular weight excluding hydrogens is 438 g/mol. The highest BCUT2D eigenvalue weighted by molar-refractivity contribution is 7.10. The number of ether oxygens (including phenoxy) is 1. The minimum absolute atomic E-state index is 0.210. The smallest absolute Gasteiger partial charge is 0.309 e. The van der Waals surface area contributed by atoms with Crippen molar-refractivity contribution >= 4 is 35.2 Å². The summed E-state index contributed by atoms with van der Waals surface area (Å²) < 4.78 is 5.76. The highest BCUT2D eigenvalue weighted by atomic mass is 32.1. The Morgan fingerprint density at radius 1 is 1.33 bits per heavy atom. The van der Waals surface area contributed by atoms with E-state index in [1.807, 2.05) is 18.4 Å². The molecule has 2 bridgehead atoms. The monoisotopic (exact) mass is 471 g/mol. The number of cyclic esters (lactones) is 1. The second kappa shape index (κ2) is 11.2. The molecule has 0 aromatic carbocycles. The standard InChI is InChI=1S/C26H33NO5S/c1-5-23-27-19(14-33-23)11-16(3)22-10-9-15(2)7-6-8-18-12-20(21(28)13-24(29)32-22)26(31)17(4)25(18)30/h5,9,11-12,14,17-18,21-22,25,28,30H,1,6-8,10,13H2,2-4H3/b15-9-,16-11+/t17-,18-,21+,22+,25-/m1/s1. The molecule has 0 unspecified atom stereocenters. The Bertz CT molecular complexity index is 989. The second-order valence-electron chi connectivity index (χ2n) is 9.01. The number of ketones is 1. The van der Waals surface area contributed by atoms with Crippen LogP contribution in [0.5, 0.6) is 0 Å². The van der Waals surface area contributed by atoms with Crippen LogP contribution < -0.4 is 0 Å². The summed E-state index contributed by atoms with van der Waals surface area (Å²) in [6, 6.07) is 0. The van der Waals surface area contributed by atoms with Gasteiger partial charge in [0, 0.05) is 29.2 Å². The SMILES string of the molecule is C=Cc1nc(/C=C(\C)[C@@H]2C/C=C(/C)CCC[C@@H]3C=C(C(=O)[C@H](C)[C@H]3O)[C@@H](O)CC(=O)O2)cs1. The van der Waals surface area contributed by atoms with Crippen LogP contribution in [-0.2, 0) is 14.3 Å². The van der Waals surface area contributed by atoms with Gasteiger partial charge in [-0.15, -0.1) is 11.3 Å². The van der Waals surface area contributed by atoms with Crippen LogP contribution in [0.4, 0.5) is 0 Å². The number of aliphatic hydroxyl groups is 2. The lowest BCUT2D eigenvalue weighted by Gasteiger charge is -2.32. The third-order valence-corrected chi connectivity index (χ3v) is 7.28. The first-order chi connectivity index (χ1) is 15.7. The highest BCUT2D eigenvalue weighted by Gasteiger charge is 2.38. The van der Waals surface area contributed by atoms with Crippen LogP contribution in [-0.4, -0.2) is 45.3 Å². The fourth-order valence-corrected chi connectivity index (χ4v) is 4.96. The number of allylic oxidation sites excluding steroid dienone is 1. The third kappa shape index (κ3) is 6.37. The van der Waals surface area contributed by atoms with Crippen LogP contribution in [0.2, 0.25) is 0 Å². The number of thiazole rings is 1. The van der Waals surface area contributed by atoms with Gasteiger partial charge in [0.2, 0.25) is 0 Å². The van der Waals surface area contributed by atoms with E-state index >= 15 is 0 Å². The predicted molar refractivity (Wildman–Crippen MR) is 130 cm³/mol. The van der Waals surface area contributed by atoms with Gasteiger partial charge in [0.15, 0.2) is 5.78 Å². The Labute approximate surface area is 199 Å².